The molecule has 9 nitrogen and oxygen atoms in total. The van der Waals surface area contributed by atoms with E-state index in [1.54, 1.807) is 0 Å². The number of allylic oxidation sites excluding steroid dienone is 4. The number of aliphatic hydroxyl groups excluding tert-OH is 1. The summed E-state index contributed by atoms with van der Waals surface area (Å²) in [7, 11) is -4.42. The average Bonchev–Trinajstić information content (AvgIpc) is 3.17. The number of amides is 1. The maximum absolute atomic E-state index is 12.1. The molecule has 0 fully saturated rings. The Hall–Kier alpha value is -1.51. The summed E-state index contributed by atoms with van der Waals surface area (Å²) in [5.41, 5.74) is 0. The molecule has 0 saturated heterocycles. The number of esters is 1. The zero-order valence-corrected chi connectivity index (χ0v) is 36.5. The molecule has 55 heavy (non-hydrogen) atoms. The molecule has 0 bridgehead atoms. The molecule has 10 heteroatoms. The SMILES string of the molecule is CCCCCC/C=C\CCCCCCCC(=O)NCCOP(=O)(O)OCC(O)COC(=O)CCCCCCCCCCCCC/C=C/CCCCCCCC. The highest BCUT2D eigenvalue weighted by molar-refractivity contribution is 7.47. The van der Waals surface area contributed by atoms with Gasteiger partial charge in [0.15, 0.2) is 0 Å². The van der Waals surface area contributed by atoms with E-state index < -0.39 is 26.5 Å². The Morgan fingerprint density at radius 2 is 0.927 bits per heavy atom. The molecule has 0 aromatic heterocycles. The summed E-state index contributed by atoms with van der Waals surface area (Å²) in [5, 5.41) is 12.7. The number of phosphoric acid groups is 1. The lowest BCUT2D eigenvalue weighted by molar-refractivity contribution is -0.147. The van der Waals surface area contributed by atoms with E-state index in [0.29, 0.717) is 6.42 Å². The molecule has 324 valence electrons. The van der Waals surface area contributed by atoms with Crippen LogP contribution in [-0.2, 0) is 27.9 Å². The summed E-state index contributed by atoms with van der Waals surface area (Å²) in [6.07, 6.45) is 45.4. The van der Waals surface area contributed by atoms with Crippen molar-refractivity contribution < 1.29 is 37.9 Å². The van der Waals surface area contributed by atoms with Crippen molar-refractivity contribution in [2.75, 3.05) is 26.4 Å². The van der Waals surface area contributed by atoms with Crippen molar-refractivity contribution in [1.82, 2.24) is 5.32 Å². The minimum atomic E-state index is -4.42. The van der Waals surface area contributed by atoms with Gasteiger partial charge in [0.25, 0.3) is 0 Å². The lowest BCUT2D eigenvalue weighted by Crippen LogP contribution is -2.27. The van der Waals surface area contributed by atoms with Crippen molar-refractivity contribution in [3.05, 3.63) is 24.3 Å². The van der Waals surface area contributed by atoms with Crippen molar-refractivity contribution in [1.29, 1.82) is 0 Å². The van der Waals surface area contributed by atoms with E-state index in [9.17, 15) is 24.2 Å². The summed E-state index contributed by atoms with van der Waals surface area (Å²) >= 11 is 0. The predicted molar refractivity (Wildman–Crippen MR) is 229 cm³/mol. The Labute approximate surface area is 338 Å². The number of hydrogen-bond acceptors (Lipinski definition) is 7. The highest BCUT2D eigenvalue weighted by Crippen LogP contribution is 2.42. The van der Waals surface area contributed by atoms with Crippen molar-refractivity contribution in [2.45, 2.75) is 225 Å². The Morgan fingerprint density at radius 1 is 0.545 bits per heavy atom. The number of carbonyl (C=O) groups excluding carboxylic acids is 2. The average molecular weight is 800 g/mol. The first-order valence-electron chi connectivity index (χ1n) is 22.8. The van der Waals surface area contributed by atoms with Crippen molar-refractivity contribution >= 4 is 19.7 Å². The minimum absolute atomic E-state index is 0.0789. The summed E-state index contributed by atoms with van der Waals surface area (Å²) in [4.78, 5) is 33.9. The first kappa shape index (κ1) is 53.5. The van der Waals surface area contributed by atoms with Gasteiger partial charge in [-0.15, -0.1) is 0 Å². The molecule has 0 radical (unpaired) electrons. The van der Waals surface area contributed by atoms with Gasteiger partial charge in [-0.25, -0.2) is 4.57 Å². The van der Waals surface area contributed by atoms with Crippen LogP contribution < -0.4 is 5.32 Å². The smallest absolute Gasteiger partial charge is 0.463 e. The van der Waals surface area contributed by atoms with Crippen LogP contribution in [-0.4, -0.2) is 54.3 Å². The van der Waals surface area contributed by atoms with E-state index in [-0.39, 0.29) is 32.1 Å². The van der Waals surface area contributed by atoms with Crippen molar-refractivity contribution in [3.8, 4) is 0 Å². The fraction of sp³-hybridized carbons (Fsp3) is 0.867. The fourth-order valence-electron chi connectivity index (χ4n) is 6.37. The molecule has 2 atom stereocenters. The maximum atomic E-state index is 12.1. The number of nitrogens with one attached hydrogen (secondary N) is 1. The number of unbranched alkanes of at least 4 members (excludes halogenated alkanes) is 26. The zero-order valence-electron chi connectivity index (χ0n) is 35.6. The second-order valence-electron chi connectivity index (χ2n) is 15.4. The van der Waals surface area contributed by atoms with Crippen LogP contribution in [0.2, 0.25) is 0 Å². The molecular formula is C45H86NO8P. The number of carbonyl (C=O) groups is 2. The minimum Gasteiger partial charge on any atom is -0.463 e. The molecule has 3 N–H and O–H groups in total. The second kappa shape index (κ2) is 42.1. The molecular weight excluding hydrogens is 713 g/mol. The molecule has 0 heterocycles. The molecule has 0 saturated carbocycles. The third kappa shape index (κ3) is 43.5. The van der Waals surface area contributed by atoms with E-state index >= 15 is 0 Å². The number of phosphoric ester groups is 1. The molecule has 2 unspecified atom stereocenters. The van der Waals surface area contributed by atoms with E-state index in [2.05, 4.69) is 43.5 Å². The molecule has 0 aromatic carbocycles. The Kier molecular flexibility index (Phi) is 40.9. The van der Waals surface area contributed by atoms with Crippen LogP contribution in [0.3, 0.4) is 0 Å². The summed E-state index contributed by atoms with van der Waals surface area (Å²) in [6, 6.07) is 0. The lowest BCUT2D eigenvalue weighted by atomic mass is 10.0. The highest BCUT2D eigenvalue weighted by Gasteiger charge is 2.23. The summed E-state index contributed by atoms with van der Waals surface area (Å²) in [5.74, 6) is -0.521. The van der Waals surface area contributed by atoms with E-state index in [1.165, 1.54) is 141 Å². The number of ether oxygens (including phenoxy) is 1. The topological polar surface area (TPSA) is 131 Å². The molecule has 0 aliphatic heterocycles. The third-order valence-electron chi connectivity index (χ3n) is 9.85. The molecule has 0 aromatic rings. The first-order valence-corrected chi connectivity index (χ1v) is 24.3. The van der Waals surface area contributed by atoms with E-state index in [0.717, 1.165) is 51.4 Å². The Bertz CT molecular complexity index is 959. The molecule has 1 amide bonds. The number of aliphatic hydroxyl groups is 1. The largest absolute Gasteiger partial charge is 0.472 e. The van der Waals surface area contributed by atoms with Gasteiger partial charge in [-0.05, 0) is 64.2 Å². The van der Waals surface area contributed by atoms with Crippen LogP contribution >= 0.6 is 7.82 Å². The van der Waals surface area contributed by atoms with E-state index in [4.69, 9.17) is 13.8 Å². The quantitative estimate of drug-likeness (QED) is 0.0240. The first-order chi connectivity index (χ1) is 26.8. The standard InChI is InChI=1S/C45H86NO8P/c1-3-5-7-9-11-13-15-17-18-19-20-21-22-23-24-26-28-30-32-34-36-38-45(49)52-41-43(47)42-54-55(50,51)53-40-39-46-44(48)37-35-33-31-29-27-25-16-14-12-10-8-6-4-2/h14,16-18,43,47H,3-13,15,19-42H2,1-2H3,(H,46,48)(H,50,51)/b16-14-,18-17+. The summed E-state index contributed by atoms with van der Waals surface area (Å²) < 4.78 is 26.9. The van der Waals surface area contributed by atoms with Crippen LogP contribution in [0.25, 0.3) is 0 Å². The zero-order chi connectivity index (χ0) is 40.3. The van der Waals surface area contributed by atoms with Gasteiger partial charge in [0.1, 0.15) is 12.7 Å². The highest BCUT2D eigenvalue weighted by atomic mass is 31.2. The van der Waals surface area contributed by atoms with Crippen LogP contribution in [0.15, 0.2) is 24.3 Å². The molecule has 0 aliphatic rings. The van der Waals surface area contributed by atoms with Gasteiger partial charge in [-0.3, -0.25) is 18.6 Å². The monoisotopic (exact) mass is 800 g/mol. The maximum Gasteiger partial charge on any atom is 0.472 e. The summed E-state index contributed by atoms with van der Waals surface area (Å²) in [6.45, 7) is 3.54. The van der Waals surface area contributed by atoms with Crippen molar-refractivity contribution in [3.63, 3.8) is 0 Å². The normalized spacial score (nSPS) is 13.5. The predicted octanol–water partition coefficient (Wildman–Crippen LogP) is 12.8. The number of rotatable bonds is 43. The van der Waals surface area contributed by atoms with Crippen LogP contribution in [0.4, 0.5) is 0 Å². The third-order valence-corrected chi connectivity index (χ3v) is 10.8. The van der Waals surface area contributed by atoms with Gasteiger partial charge in [-0.2, -0.15) is 0 Å². The van der Waals surface area contributed by atoms with E-state index in [1.807, 2.05) is 0 Å². The van der Waals surface area contributed by atoms with Crippen LogP contribution in [0, 0.1) is 0 Å². The fourth-order valence-corrected chi connectivity index (χ4v) is 7.13. The van der Waals surface area contributed by atoms with Gasteiger partial charge >= 0.3 is 13.8 Å². The van der Waals surface area contributed by atoms with Crippen molar-refractivity contribution in [2.24, 2.45) is 0 Å². The molecule has 0 spiro atoms. The second-order valence-corrected chi connectivity index (χ2v) is 16.8. The molecule has 0 rings (SSSR count). The van der Waals surface area contributed by atoms with Crippen LogP contribution in [0.1, 0.15) is 219 Å². The van der Waals surface area contributed by atoms with Gasteiger partial charge in [0.2, 0.25) is 5.91 Å². The Morgan fingerprint density at radius 3 is 1.38 bits per heavy atom. The van der Waals surface area contributed by atoms with Gasteiger partial charge in [0, 0.05) is 19.4 Å². The lowest BCUT2D eigenvalue weighted by Gasteiger charge is -2.15. The van der Waals surface area contributed by atoms with Gasteiger partial charge in [-0.1, -0.05) is 167 Å². The van der Waals surface area contributed by atoms with Gasteiger partial charge in [0.05, 0.1) is 13.2 Å². The van der Waals surface area contributed by atoms with Crippen LogP contribution in [0.5, 0.6) is 0 Å². The molecule has 0 aliphatic carbocycles. The Balaban J connectivity index is 3.56. The number of hydrogen-bond donors (Lipinski definition) is 3. The van der Waals surface area contributed by atoms with Gasteiger partial charge < -0.3 is 20.1 Å².